The number of aromatic nitrogens is 4. The van der Waals surface area contributed by atoms with Crippen LogP contribution in [-0.4, -0.2) is 44.7 Å². The number of nitrogens with one attached hydrogen (secondary N) is 1. The van der Waals surface area contributed by atoms with Gasteiger partial charge in [-0.2, -0.15) is 0 Å². The number of rotatable bonds is 10. The minimum atomic E-state index is -0.951. The molecule has 1 amide bonds. The van der Waals surface area contributed by atoms with E-state index >= 15 is 0 Å². The smallest absolute Gasteiger partial charge is 0.229 e. The van der Waals surface area contributed by atoms with Crippen molar-refractivity contribution in [2.45, 2.75) is 38.2 Å². The van der Waals surface area contributed by atoms with Crippen LogP contribution in [0.3, 0.4) is 0 Å². The van der Waals surface area contributed by atoms with Crippen LogP contribution in [0, 0.1) is 0 Å². The van der Waals surface area contributed by atoms with Gasteiger partial charge in [-0.1, -0.05) is 18.5 Å². The number of benzene rings is 1. The maximum atomic E-state index is 11.9. The molecular weight excluding hydrogens is 514 g/mol. The van der Waals surface area contributed by atoms with E-state index in [4.69, 9.17) is 25.8 Å². The Kier molecular flexibility index (Phi) is 7.80. The van der Waals surface area contributed by atoms with E-state index in [0.717, 1.165) is 16.9 Å². The summed E-state index contributed by atoms with van der Waals surface area (Å²) in [6, 6.07) is 13.2. The minimum absolute atomic E-state index is 0.0993. The molecule has 0 saturated carbocycles. The van der Waals surface area contributed by atoms with Crippen LogP contribution in [-0.2, 0) is 26.6 Å². The van der Waals surface area contributed by atoms with E-state index in [-0.39, 0.29) is 12.0 Å². The van der Waals surface area contributed by atoms with Crippen molar-refractivity contribution in [3.8, 4) is 17.0 Å². The Hall–Kier alpha value is -3.31. The standard InChI is InChI=1S/C26H26ClN5O4S/c1-2-3-24(33)31-25-29-11-10-21(30-25)18-4-6-19(7-5-18)34-14-20-15-35-26(36-20,16-32-13-12-28-17-32)22-8-9-23(27)37-22/h4-13,17,20H,2-3,14-16H2,1H3,(H,29,30,31,33). The van der Waals surface area contributed by atoms with Crippen molar-refractivity contribution < 1.29 is 19.0 Å². The van der Waals surface area contributed by atoms with Gasteiger partial charge in [-0.05, 0) is 48.9 Å². The summed E-state index contributed by atoms with van der Waals surface area (Å²) in [5.74, 6) is -0.0593. The number of halogens is 1. The quantitative estimate of drug-likeness (QED) is 0.298. The molecule has 1 N–H and O–H groups in total. The van der Waals surface area contributed by atoms with E-state index in [1.54, 1.807) is 24.8 Å². The number of thiophene rings is 1. The van der Waals surface area contributed by atoms with E-state index in [2.05, 4.69) is 20.3 Å². The number of amides is 1. The number of nitrogens with zero attached hydrogens (tertiary/aromatic N) is 4. The number of anilines is 1. The molecule has 1 aliphatic heterocycles. The predicted molar refractivity (Wildman–Crippen MR) is 141 cm³/mol. The van der Waals surface area contributed by atoms with Crippen molar-refractivity contribution in [3.63, 3.8) is 0 Å². The average molecular weight is 540 g/mol. The zero-order valence-corrected chi connectivity index (χ0v) is 21.7. The second kappa shape index (κ2) is 11.4. The van der Waals surface area contributed by atoms with Crippen LogP contribution in [0.25, 0.3) is 11.3 Å². The van der Waals surface area contributed by atoms with Gasteiger partial charge in [0, 0.05) is 30.6 Å². The van der Waals surface area contributed by atoms with Crippen LogP contribution >= 0.6 is 22.9 Å². The maximum Gasteiger partial charge on any atom is 0.229 e. The fraction of sp³-hybridized carbons (Fsp3) is 0.308. The normalized spacial score (nSPS) is 19.1. The van der Waals surface area contributed by atoms with Gasteiger partial charge in [0.1, 0.15) is 18.5 Å². The summed E-state index contributed by atoms with van der Waals surface area (Å²) in [6.45, 7) is 3.11. The topological polar surface area (TPSA) is 100 Å². The first-order valence-corrected chi connectivity index (χ1v) is 13.1. The molecule has 2 atom stereocenters. The number of hydrogen-bond acceptors (Lipinski definition) is 8. The van der Waals surface area contributed by atoms with Gasteiger partial charge in [-0.15, -0.1) is 11.3 Å². The lowest BCUT2D eigenvalue weighted by atomic mass is 10.1. The number of ether oxygens (including phenoxy) is 3. The molecule has 1 saturated heterocycles. The highest BCUT2D eigenvalue weighted by Crippen LogP contribution is 2.41. The van der Waals surface area contributed by atoms with E-state index < -0.39 is 5.79 Å². The monoisotopic (exact) mass is 539 g/mol. The van der Waals surface area contributed by atoms with Gasteiger partial charge < -0.3 is 18.8 Å². The van der Waals surface area contributed by atoms with Gasteiger partial charge in [-0.3, -0.25) is 10.1 Å². The van der Waals surface area contributed by atoms with Gasteiger partial charge >= 0.3 is 0 Å². The summed E-state index contributed by atoms with van der Waals surface area (Å²) < 4.78 is 21.2. The number of carbonyl (C=O) groups excluding carboxylic acids is 1. The average Bonchev–Trinajstić information content (AvgIpc) is 3.66. The van der Waals surface area contributed by atoms with Crippen LogP contribution in [0.15, 0.2) is 67.4 Å². The Balaban J connectivity index is 1.21. The van der Waals surface area contributed by atoms with Crippen molar-refractivity contribution in [3.05, 3.63) is 76.6 Å². The van der Waals surface area contributed by atoms with Crippen LogP contribution in [0.1, 0.15) is 24.6 Å². The molecule has 0 spiro atoms. The van der Waals surface area contributed by atoms with E-state index in [1.165, 1.54) is 11.3 Å². The second-order valence-electron chi connectivity index (χ2n) is 8.54. The van der Waals surface area contributed by atoms with Crippen molar-refractivity contribution in [2.75, 3.05) is 18.5 Å². The summed E-state index contributed by atoms with van der Waals surface area (Å²) in [5.41, 5.74) is 1.59. The molecule has 0 aliphatic carbocycles. The lowest BCUT2D eigenvalue weighted by Gasteiger charge is -2.27. The van der Waals surface area contributed by atoms with Gasteiger partial charge in [0.25, 0.3) is 0 Å². The molecule has 2 unspecified atom stereocenters. The van der Waals surface area contributed by atoms with Gasteiger partial charge in [0.15, 0.2) is 0 Å². The summed E-state index contributed by atoms with van der Waals surface area (Å²) in [5, 5.41) is 2.73. The van der Waals surface area contributed by atoms with Gasteiger partial charge in [0.05, 0.1) is 34.4 Å². The number of hydrogen-bond donors (Lipinski definition) is 1. The predicted octanol–water partition coefficient (Wildman–Crippen LogP) is 5.14. The Morgan fingerprint density at radius 2 is 2.11 bits per heavy atom. The lowest BCUT2D eigenvalue weighted by molar-refractivity contribution is -0.186. The minimum Gasteiger partial charge on any atom is -0.491 e. The Labute approximate surface area is 223 Å². The maximum absolute atomic E-state index is 11.9. The fourth-order valence-corrected chi connectivity index (χ4v) is 5.10. The lowest BCUT2D eigenvalue weighted by Crippen LogP contribution is -2.33. The largest absolute Gasteiger partial charge is 0.491 e. The molecule has 5 rings (SSSR count). The summed E-state index contributed by atoms with van der Waals surface area (Å²) in [4.78, 5) is 25.4. The third kappa shape index (κ3) is 6.16. The molecule has 1 fully saturated rings. The van der Waals surface area contributed by atoms with Crippen LogP contribution in [0.5, 0.6) is 5.75 Å². The van der Waals surface area contributed by atoms with E-state index in [9.17, 15) is 4.79 Å². The SMILES string of the molecule is CCCC(=O)Nc1nccc(-c2ccc(OCC3COC(Cn4ccnc4)(c4ccc(Cl)s4)O3)cc2)n1. The molecule has 0 bridgehead atoms. The first kappa shape index (κ1) is 25.3. The molecule has 0 radical (unpaired) electrons. The molecule has 9 nitrogen and oxygen atoms in total. The fourth-order valence-electron chi connectivity index (χ4n) is 3.98. The van der Waals surface area contributed by atoms with Crippen LogP contribution in [0.2, 0.25) is 4.34 Å². The van der Waals surface area contributed by atoms with E-state index in [1.807, 2.05) is 54.1 Å². The van der Waals surface area contributed by atoms with Gasteiger partial charge in [-0.25, -0.2) is 15.0 Å². The van der Waals surface area contributed by atoms with E-state index in [0.29, 0.717) is 47.9 Å². The summed E-state index contributed by atoms with van der Waals surface area (Å²) >= 11 is 7.63. The van der Waals surface area contributed by atoms with Crippen LogP contribution in [0.4, 0.5) is 5.95 Å². The van der Waals surface area contributed by atoms with Crippen molar-refractivity contribution >= 4 is 34.8 Å². The Bertz CT molecular complexity index is 1330. The highest BCUT2D eigenvalue weighted by Gasteiger charge is 2.45. The third-order valence-electron chi connectivity index (χ3n) is 5.73. The Morgan fingerprint density at radius 1 is 1.24 bits per heavy atom. The molecule has 3 aromatic heterocycles. The Morgan fingerprint density at radius 3 is 2.84 bits per heavy atom. The van der Waals surface area contributed by atoms with Crippen molar-refractivity contribution in [1.82, 2.24) is 19.5 Å². The number of imidazole rings is 1. The third-order valence-corrected chi connectivity index (χ3v) is 7.08. The zero-order valence-electron chi connectivity index (χ0n) is 20.2. The number of carbonyl (C=O) groups is 1. The highest BCUT2D eigenvalue weighted by atomic mass is 35.5. The zero-order chi connectivity index (χ0) is 25.7. The first-order valence-electron chi connectivity index (χ1n) is 11.9. The molecule has 1 aromatic carbocycles. The second-order valence-corrected chi connectivity index (χ2v) is 10.3. The molecule has 4 aromatic rings. The van der Waals surface area contributed by atoms with Crippen LogP contribution < -0.4 is 10.1 Å². The molecule has 11 heteroatoms. The van der Waals surface area contributed by atoms with Crippen molar-refractivity contribution in [2.24, 2.45) is 0 Å². The van der Waals surface area contributed by atoms with Crippen molar-refractivity contribution in [1.29, 1.82) is 0 Å². The highest BCUT2D eigenvalue weighted by molar-refractivity contribution is 7.16. The molecule has 4 heterocycles. The van der Waals surface area contributed by atoms with Gasteiger partial charge in [0.2, 0.25) is 17.6 Å². The molecule has 192 valence electrons. The molecule has 37 heavy (non-hydrogen) atoms. The molecule has 1 aliphatic rings. The summed E-state index contributed by atoms with van der Waals surface area (Å²) in [6.07, 6.45) is 7.88. The summed E-state index contributed by atoms with van der Waals surface area (Å²) in [7, 11) is 0. The molecular formula is C26H26ClN5O4S. The first-order chi connectivity index (χ1) is 18.0.